The second-order valence-corrected chi connectivity index (χ2v) is 6.80. The van der Waals surface area contributed by atoms with Gasteiger partial charge in [0.2, 0.25) is 0 Å². The van der Waals surface area contributed by atoms with Crippen molar-refractivity contribution in [2.75, 3.05) is 13.1 Å². The van der Waals surface area contributed by atoms with Gasteiger partial charge in [-0.25, -0.2) is 0 Å². The summed E-state index contributed by atoms with van der Waals surface area (Å²) in [6.07, 6.45) is 2.95. The molecule has 0 spiro atoms. The molecule has 1 nitrogen and oxygen atoms in total. The summed E-state index contributed by atoms with van der Waals surface area (Å²) in [6, 6.07) is 0. The topological polar surface area (TPSA) is 3.01 Å². The second kappa shape index (κ2) is 4.86. The number of rotatable bonds is 0. The summed E-state index contributed by atoms with van der Waals surface area (Å²) < 4.78 is 0. The van der Waals surface area contributed by atoms with Crippen LogP contribution in [0.2, 0.25) is 0 Å². The summed E-state index contributed by atoms with van der Waals surface area (Å²) in [5, 5.41) is 0. The minimum Gasteiger partial charge on any atom is -0.296 e. The largest absolute Gasteiger partial charge is 0.296 e. The van der Waals surface area contributed by atoms with Crippen LogP contribution in [-0.4, -0.2) is 23.5 Å². The van der Waals surface area contributed by atoms with Gasteiger partial charge in [0, 0.05) is 18.6 Å². The third-order valence-corrected chi connectivity index (χ3v) is 3.20. The SMILES string of the molecule is C.CC(C)(C)C1CC1.CC(C)(C)N1CC1. The Morgan fingerprint density at radius 3 is 1.27 bits per heavy atom. The molecule has 0 aromatic carbocycles. The fraction of sp³-hybridized carbons (Fsp3) is 1.00. The normalized spacial score (nSPS) is 21.2. The predicted molar refractivity (Wildman–Crippen MR) is 70.2 cm³/mol. The third-order valence-electron chi connectivity index (χ3n) is 3.20. The molecule has 15 heavy (non-hydrogen) atoms. The van der Waals surface area contributed by atoms with Crippen molar-refractivity contribution in [1.82, 2.24) is 4.90 Å². The Morgan fingerprint density at radius 2 is 1.27 bits per heavy atom. The quantitative estimate of drug-likeness (QED) is 0.546. The van der Waals surface area contributed by atoms with Crippen LogP contribution in [0.25, 0.3) is 0 Å². The van der Waals surface area contributed by atoms with Gasteiger partial charge in [0.1, 0.15) is 0 Å². The Bertz CT molecular complexity index is 152. The average Bonchev–Trinajstić information content (AvgIpc) is 2.81. The number of hydrogen-bond donors (Lipinski definition) is 0. The van der Waals surface area contributed by atoms with Crippen molar-refractivity contribution in [3.8, 4) is 0 Å². The van der Waals surface area contributed by atoms with Crippen LogP contribution in [0.4, 0.5) is 0 Å². The Kier molecular flexibility index (Phi) is 4.85. The van der Waals surface area contributed by atoms with Gasteiger partial charge in [0.05, 0.1) is 0 Å². The summed E-state index contributed by atoms with van der Waals surface area (Å²) in [6.45, 7) is 16.3. The lowest BCUT2D eigenvalue weighted by Gasteiger charge is -2.18. The lowest BCUT2D eigenvalue weighted by atomic mass is 9.91. The lowest BCUT2D eigenvalue weighted by Crippen LogP contribution is -2.25. The zero-order valence-electron chi connectivity index (χ0n) is 10.9. The molecule has 1 heteroatoms. The predicted octanol–water partition coefficient (Wildman–Crippen LogP) is 4.18. The fourth-order valence-corrected chi connectivity index (χ4v) is 1.67. The number of nitrogens with zero attached hydrogens (tertiary/aromatic N) is 1. The minimum atomic E-state index is 0. The highest BCUT2D eigenvalue weighted by molar-refractivity contribution is 4.86. The molecule has 2 fully saturated rings. The maximum Gasteiger partial charge on any atom is 0.0126 e. The molecule has 0 amide bonds. The summed E-state index contributed by atoms with van der Waals surface area (Å²) in [5.74, 6) is 1.05. The van der Waals surface area contributed by atoms with E-state index in [1.807, 2.05) is 0 Å². The molecular weight excluding hydrogens is 182 g/mol. The molecule has 0 aromatic heterocycles. The molecule has 0 N–H and O–H groups in total. The molecule has 0 bridgehead atoms. The van der Waals surface area contributed by atoms with Gasteiger partial charge in [-0.2, -0.15) is 0 Å². The third kappa shape index (κ3) is 6.19. The van der Waals surface area contributed by atoms with E-state index < -0.39 is 0 Å². The van der Waals surface area contributed by atoms with Gasteiger partial charge in [-0.1, -0.05) is 28.2 Å². The van der Waals surface area contributed by atoms with Gasteiger partial charge in [-0.15, -0.1) is 0 Å². The molecule has 2 rings (SSSR count). The minimum absolute atomic E-state index is 0. The molecule has 1 heterocycles. The first kappa shape index (κ1) is 15.0. The molecule has 2 aliphatic rings. The zero-order chi connectivity index (χ0) is 11.0. The number of hydrogen-bond acceptors (Lipinski definition) is 1. The summed E-state index contributed by atoms with van der Waals surface area (Å²) in [7, 11) is 0. The molecule has 1 aliphatic heterocycles. The van der Waals surface area contributed by atoms with E-state index in [1.54, 1.807) is 0 Å². The van der Waals surface area contributed by atoms with Crippen molar-refractivity contribution in [3.05, 3.63) is 0 Å². The smallest absolute Gasteiger partial charge is 0.0126 e. The molecule has 1 saturated heterocycles. The maximum absolute atomic E-state index is 2.44. The molecule has 0 atom stereocenters. The summed E-state index contributed by atoms with van der Waals surface area (Å²) in [5.41, 5.74) is 1.06. The first-order chi connectivity index (χ1) is 6.21. The summed E-state index contributed by atoms with van der Waals surface area (Å²) in [4.78, 5) is 2.44. The van der Waals surface area contributed by atoms with Crippen LogP contribution < -0.4 is 0 Å². The van der Waals surface area contributed by atoms with E-state index in [1.165, 1.54) is 25.9 Å². The highest BCUT2D eigenvalue weighted by Crippen LogP contribution is 2.44. The van der Waals surface area contributed by atoms with Gasteiger partial charge >= 0.3 is 0 Å². The Balaban J connectivity index is 0.000000245. The first-order valence-corrected chi connectivity index (χ1v) is 5.96. The Hall–Kier alpha value is -0.0400. The molecule has 0 radical (unpaired) electrons. The van der Waals surface area contributed by atoms with E-state index in [0.29, 0.717) is 11.0 Å². The average molecular weight is 213 g/mol. The van der Waals surface area contributed by atoms with Crippen LogP contribution >= 0.6 is 0 Å². The van der Waals surface area contributed by atoms with E-state index in [9.17, 15) is 0 Å². The Labute approximate surface area is 97.2 Å². The van der Waals surface area contributed by atoms with Crippen LogP contribution in [0.15, 0.2) is 0 Å². The molecule has 1 saturated carbocycles. The lowest BCUT2D eigenvalue weighted by molar-refractivity contribution is 0.311. The monoisotopic (exact) mass is 213 g/mol. The maximum atomic E-state index is 2.44. The van der Waals surface area contributed by atoms with E-state index in [4.69, 9.17) is 0 Å². The molecular formula is C14H31N. The van der Waals surface area contributed by atoms with Crippen LogP contribution in [0, 0.1) is 11.3 Å². The van der Waals surface area contributed by atoms with Gasteiger partial charge in [-0.05, 0) is 44.9 Å². The molecule has 92 valence electrons. The molecule has 1 aliphatic carbocycles. The first-order valence-electron chi connectivity index (χ1n) is 5.96. The fourth-order valence-electron chi connectivity index (χ4n) is 1.67. The molecule has 0 aromatic rings. The van der Waals surface area contributed by atoms with Crippen molar-refractivity contribution in [1.29, 1.82) is 0 Å². The van der Waals surface area contributed by atoms with Crippen LogP contribution in [-0.2, 0) is 0 Å². The van der Waals surface area contributed by atoms with Gasteiger partial charge in [0.15, 0.2) is 0 Å². The highest BCUT2D eigenvalue weighted by Gasteiger charge is 2.33. The van der Waals surface area contributed by atoms with Gasteiger partial charge in [0.25, 0.3) is 0 Å². The van der Waals surface area contributed by atoms with Crippen LogP contribution in [0.1, 0.15) is 61.8 Å². The van der Waals surface area contributed by atoms with Crippen molar-refractivity contribution >= 4 is 0 Å². The van der Waals surface area contributed by atoms with Crippen molar-refractivity contribution in [2.24, 2.45) is 11.3 Å². The second-order valence-electron chi connectivity index (χ2n) is 6.80. The van der Waals surface area contributed by atoms with Crippen LogP contribution in [0.5, 0.6) is 0 Å². The van der Waals surface area contributed by atoms with Crippen molar-refractivity contribution in [3.63, 3.8) is 0 Å². The van der Waals surface area contributed by atoms with Crippen LogP contribution in [0.3, 0.4) is 0 Å². The van der Waals surface area contributed by atoms with Gasteiger partial charge in [-0.3, -0.25) is 4.90 Å². The zero-order valence-corrected chi connectivity index (χ0v) is 10.9. The highest BCUT2D eigenvalue weighted by atomic mass is 15.3. The van der Waals surface area contributed by atoms with E-state index >= 15 is 0 Å². The van der Waals surface area contributed by atoms with E-state index in [0.717, 1.165) is 5.92 Å². The van der Waals surface area contributed by atoms with Gasteiger partial charge < -0.3 is 0 Å². The van der Waals surface area contributed by atoms with Crippen molar-refractivity contribution in [2.45, 2.75) is 67.3 Å². The Morgan fingerprint density at radius 1 is 0.867 bits per heavy atom. The molecule has 0 unspecified atom stereocenters. The summed E-state index contributed by atoms with van der Waals surface area (Å²) >= 11 is 0. The van der Waals surface area contributed by atoms with E-state index in [2.05, 4.69) is 46.4 Å². The standard InChI is InChI=1S/C7H14.C6H13N.CH4/c1-7(2,3)6-4-5-6;1-6(2,3)7-4-5-7;/h6H,4-5H2,1-3H3;4-5H2,1-3H3;1H4. The van der Waals surface area contributed by atoms with E-state index in [-0.39, 0.29) is 7.43 Å². The van der Waals surface area contributed by atoms with Crippen molar-refractivity contribution < 1.29 is 0 Å².